The minimum absolute atomic E-state index is 0.251. The molecule has 18 heavy (non-hydrogen) atoms. The van der Waals surface area contributed by atoms with Crippen LogP contribution in [-0.2, 0) is 6.42 Å². The number of para-hydroxylation sites is 1. The molecular weight excluding hydrogens is 226 g/mol. The lowest BCUT2D eigenvalue weighted by Crippen LogP contribution is -2.03. The molecule has 0 amide bonds. The van der Waals surface area contributed by atoms with Crippen LogP contribution in [0.15, 0.2) is 42.5 Å². The van der Waals surface area contributed by atoms with Crippen LogP contribution in [0.5, 0.6) is 11.5 Å². The van der Waals surface area contributed by atoms with E-state index in [-0.39, 0.29) is 5.75 Å². The van der Waals surface area contributed by atoms with Crippen molar-refractivity contribution in [3.05, 3.63) is 48.0 Å². The van der Waals surface area contributed by atoms with Crippen molar-refractivity contribution in [3.63, 3.8) is 0 Å². The second kappa shape index (κ2) is 5.56. The van der Waals surface area contributed by atoms with E-state index < -0.39 is 0 Å². The van der Waals surface area contributed by atoms with Crippen LogP contribution in [0.3, 0.4) is 0 Å². The van der Waals surface area contributed by atoms with Crippen LogP contribution < -0.4 is 10.5 Å². The van der Waals surface area contributed by atoms with Gasteiger partial charge in [0.1, 0.15) is 11.5 Å². The minimum atomic E-state index is 0.251. The highest BCUT2D eigenvalue weighted by atomic mass is 16.5. The molecule has 0 saturated heterocycles. The number of hydrogen-bond acceptors (Lipinski definition) is 3. The van der Waals surface area contributed by atoms with E-state index in [4.69, 9.17) is 10.5 Å². The van der Waals surface area contributed by atoms with Crippen molar-refractivity contribution >= 4 is 0 Å². The number of ether oxygens (including phenoxy) is 1. The Kier molecular flexibility index (Phi) is 3.85. The number of rotatable bonds is 4. The van der Waals surface area contributed by atoms with Gasteiger partial charge in [-0.3, -0.25) is 0 Å². The summed E-state index contributed by atoms with van der Waals surface area (Å²) in [6.45, 7) is 0.604. The number of phenols is 1. The molecule has 2 rings (SSSR count). The van der Waals surface area contributed by atoms with Crippen LogP contribution in [0, 0.1) is 0 Å². The van der Waals surface area contributed by atoms with E-state index in [0.717, 1.165) is 28.9 Å². The van der Waals surface area contributed by atoms with E-state index in [2.05, 4.69) is 0 Å². The van der Waals surface area contributed by atoms with Crippen molar-refractivity contribution in [1.29, 1.82) is 0 Å². The molecule has 0 radical (unpaired) electrons. The fraction of sp³-hybridized carbons (Fsp3) is 0.200. The molecule has 2 aromatic carbocycles. The third kappa shape index (κ3) is 2.46. The molecule has 0 fully saturated rings. The molecule has 0 bridgehead atoms. The molecule has 2 aromatic rings. The third-order valence-corrected chi connectivity index (χ3v) is 2.89. The monoisotopic (exact) mass is 243 g/mol. The molecule has 0 atom stereocenters. The number of nitrogens with two attached hydrogens (primary N) is 1. The molecule has 0 aliphatic carbocycles. The van der Waals surface area contributed by atoms with Crippen LogP contribution in [0.2, 0.25) is 0 Å². The zero-order chi connectivity index (χ0) is 13.0. The number of aromatic hydroxyl groups is 1. The van der Waals surface area contributed by atoms with Gasteiger partial charge in [0.25, 0.3) is 0 Å². The molecule has 0 aromatic heterocycles. The molecule has 94 valence electrons. The van der Waals surface area contributed by atoms with Crippen LogP contribution >= 0.6 is 0 Å². The first-order chi connectivity index (χ1) is 8.76. The summed E-state index contributed by atoms with van der Waals surface area (Å²) in [5, 5.41) is 9.92. The number of methoxy groups -OCH3 is 1. The smallest absolute Gasteiger partial charge is 0.126 e. The maximum Gasteiger partial charge on any atom is 0.126 e. The first-order valence-corrected chi connectivity index (χ1v) is 5.91. The lowest BCUT2D eigenvalue weighted by atomic mass is 10.00. The van der Waals surface area contributed by atoms with Crippen molar-refractivity contribution in [2.24, 2.45) is 5.73 Å². The van der Waals surface area contributed by atoms with Crippen molar-refractivity contribution in [3.8, 4) is 22.6 Å². The van der Waals surface area contributed by atoms with Crippen LogP contribution in [-0.4, -0.2) is 18.8 Å². The van der Waals surface area contributed by atoms with E-state index in [0.29, 0.717) is 6.54 Å². The van der Waals surface area contributed by atoms with Gasteiger partial charge in [0, 0.05) is 11.1 Å². The second-order valence-electron chi connectivity index (χ2n) is 4.09. The highest BCUT2D eigenvalue weighted by Crippen LogP contribution is 2.36. The molecule has 0 saturated carbocycles. The Labute approximate surface area is 107 Å². The quantitative estimate of drug-likeness (QED) is 0.867. The lowest BCUT2D eigenvalue weighted by molar-refractivity contribution is 0.415. The SMILES string of the molecule is COc1ccc(CCN)cc1-c1ccccc1O. The van der Waals surface area contributed by atoms with E-state index in [9.17, 15) is 5.11 Å². The van der Waals surface area contributed by atoms with E-state index >= 15 is 0 Å². The summed E-state index contributed by atoms with van der Waals surface area (Å²) in [6, 6.07) is 13.2. The molecule has 0 aliphatic rings. The summed E-state index contributed by atoms with van der Waals surface area (Å²) in [6.07, 6.45) is 0.810. The summed E-state index contributed by atoms with van der Waals surface area (Å²) < 4.78 is 5.35. The first-order valence-electron chi connectivity index (χ1n) is 5.91. The summed E-state index contributed by atoms with van der Waals surface area (Å²) in [4.78, 5) is 0. The number of phenolic OH excluding ortho intramolecular Hbond substituents is 1. The molecule has 3 heteroatoms. The van der Waals surface area contributed by atoms with Gasteiger partial charge in [0.2, 0.25) is 0 Å². The fourth-order valence-corrected chi connectivity index (χ4v) is 1.99. The zero-order valence-corrected chi connectivity index (χ0v) is 10.4. The predicted molar refractivity (Wildman–Crippen MR) is 72.9 cm³/mol. The molecule has 0 unspecified atom stereocenters. The van der Waals surface area contributed by atoms with Crippen LogP contribution in [0.25, 0.3) is 11.1 Å². The number of benzene rings is 2. The summed E-state index contributed by atoms with van der Waals surface area (Å²) >= 11 is 0. The molecule has 0 aliphatic heterocycles. The fourth-order valence-electron chi connectivity index (χ4n) is 1.99. The Balaban J connectivity index is 2.53. The van der Waals surface area contributed by atoms with E-state index in [1.807, 2.05) is 30.3 Å². The Bertz CT molecular complexity index is 538. The van der Waals surface area contributed by atoms with Gasteiger partial charge in [-0.1, -0.05) is 24.3 Å². The molecule has 3 nitrogen and oxygen atoms in total. The van der Waals surface area contributed by atoms with Crippen LogP contribution in [0.1, 0.15) is 5.56 Å². The van der Waals surface area contributed by atoms with Gasteiger partial charge in [-0.05, 0) is 36.7 Å². The van der Waals surface area contributed by atoms with Gasteiger partial charge in [-0.25, -0.2) is 0 Å². The highest BCUT2D eigenvalue weighted by Gasteiger charge is 2.10. The average Bonchev–Trinajstić information content (AvgIpc) is 2.40. The third-order valence-electron chi connectivity index (χ3n) is 2.89. The van der Waals surface area contributed by atoms with Gasteiger partial charge in [0.15, 0.2) is 0 Å². The molecule has 0 heterocycles. The Morgan fingerprint density at radius 3 is 2.56 bits per heavy atom. The predicted octanol–water partition coefficient (Wildman–Crippen LogP) is 2.57. The summed E-state index contributed by atoms with van der Waals surface area (Å²) in [5.74, 6) is 0.998. The Hall–Kier alpha value is -2.00. The first kappa shape index (κ1) is 12.5. The lowest BCUT2D eigenvalue weighted by Gasteiger charge is -2.12. The highest BCUT2D eigenvalue weighted by molar-refractivity contribution is 5.76. The van der Waals surface area contributed by atoms with E-state index in [1.165, 1.54) is 0 Å². The van der Waals surface area contributed by atoms with Crippen LogP contribution in [0.4, 0.5) is 0 Å². The Morgan fingerprint density at radius 2 is 1.89 bits per heavy atom. The summed E-state index contributed by atoms with van der Waals surface area (Å²) in [7, 11) is 1.63. The van der Waals surface area contributed by atoms with Gasteiger partial charge in [-0.15, -0.1) is 0 Å². The topological polar surface area (TPSA) is 55.5 Å². The van der Waals surface area contributed by atoms with Crippen molar-refractivity contribution in [2.45, 2.75) is 6.42 Å². The molecular formula is C15H17NO2. The van der Waals surface area contributed by atoms with E-state index in [1.54, 1.807) is 19.2 Å². The minimum Gasteiger partial charge on any atom is -0.507 e. The maximum atomic E-state index is 9.92. The zero-order valence-electron chi connectivity index (χ0n) is 10.4. The van der Waals surface area contributed by atoms with Gasteiger partial charge >= 0.3 is 0 Å². The standard InChI is InChI=1S/C15H17NO2/c1-18-15-7-6-11(8-9-16)10-13(15)12-4-2-3-5-14(12)17/h2-7,10,17H,8-9,16H2,1H3. The van der Waals surface area contributed by atoms with Gasteiger partial charge in [0.05, 0.1) is 7.11 Å². The largest absolute Gasteiger partial charge is 0.507 e. The van der Waals surface area contributed by atoms with Gasteiger partial charge < -0.3 is 15.6 Å². The summed E-state index contributed by atoms with van der Waals surface area (Å²) in [5.41, 5.74) is 8.37. The molecule has 0 spiro atoms. The normalized spacial score (nSPS) is 10.3. The maximum absolute atomic E-state index is 9.92. The number of hydrogen-bond donors (Lipinski definition) is 2. The average molecular weight is 243 g/mol. The van der Waals surface area contributed by atoms with Crippen molar-refractivity contribution in [1.82, 2.24) is 0 Å². The van der Waals surface area contributed by atoms with Gasteiger partial charge in [-0.2, -0.15) is 0 Å². The second-order valence-corrected chi connectivity index (χ2v) is 4.09. The Morgan fingerprint density at radius 1 is 1.11 bits per heavy atom. The van der Waals surface area contributed by atoms with Crippen molar-refractivity contribution in [2.75, 3.05) is 13.7 Å². The van der Waals surface area contributed by atoms with Crippen molar-refractivity contribution < 1.29 is 9.84 Å². The molecule has 3 N–H and O–H groups in total.